The molecule has 1 aliphatic rings. The number of nitrogens with zero attached hydrogens (tertiary/aromatic N) is 2. The van der Waals surface area contributed by atoms with Crippen LogP contribution in [-0.4, -0.2) is 21.7 Å². The molecule has 4 rings (SSSR count). The third-order valence-electron chi connectivity index (χ3n) is 5.36. The molecule has 3 aromatic rings. The van der Waals surface area contributed by atoms with E-state index in [1.54, 1.807) is 18.2 Å². The maximum Gasteiger partial charge on any atom is 0.416 e. The second kappa shape index (κ2) is 8.47. The molecule has 34 heavy (non-hydrogen) atoms. The molecule has 0 saturated carbocycles. The van der Waals surface area contributed by atoms with Gasteiger partial charge >= 0.3 is 6.18 Å². The Morgan fingerprint density at radius 2 is 1.59 bits per heavy atom. The van der Waals surface area contributed by atoms with Gasteiger partial charge < -0.3 is 5.11 Å². The van der Waals surface area contributed by atoms with E-state index in [0.29, 0.717) is 0 Å². The highest BCUT2D eigenvalue weighted by Crippen LogP contribution is 2.43. The second-order valence-electron chi connectivity index (χ2n) is 7.43. The highest BCUT2D eigenvalue weighted by atomic mass is 19.4. The van der Waals surface area contributed by atoms with Crippen LogP contribution < -0.4 is 4.90 Å². The third kappa shape index (κ3) is 4.01. The summed E-state index contributed by atoms with van der Waals surface area (Å²) < 4.78 is 39.9. The molecule has 0 radical (unpaired) electrons. The number of hydrogen-bond acceptors (Lipinski definition) is 5. The van der Waals surface area contributed by atoms with E-state index >= 15 is 0 Å². The Bertz CT molecular complexity index is 1320. The molecular weight excluding hydrogens is 453 g/mol. The fraction of sp³-hybridized carbons (Fsp3) is 0.0833. The lowest BCUT2D eigenvalue weighted by molar-refractivity contribution is -0.384. The Morgan fingerprint density at radius 1 is 0.941 bits per heavy atom. The molecule has 1 saturated heterocycles. The van der Waals surface area contributed by atoms with Crippen LogP contribution in [0.25, 0.3) is 5.76 Å². The van der Waals surface area contributed by atoms with Crippen LogP contribution in [0.3, 0.4) is 0 Å². The summed E-state index contributed by atoms with van der Waals surface area (Å²) in [4.78, 5) is 37.3. The van der Waals surface area contributed by atoms with Crippen LogP contribution in [-0.2, 0) is 15.8 Å². The lowest BCUT2D eigenvalue weighted by Gasteiger charge is -2.26. The fourth-order valence-electron chi connectivity index (χ4n) is 3.78. The lowest BCUT2D eigenvalue weighted by Crippen LogP contribution is -2.29. The first-order chi connectivity index (χ1) is 16.1. The van der Waals surface area contributed by atoms with Gasteiger partial charge in [0.2, 0.25) is 0 Å². The average molecular weight is 468 g/mol. The fourth-order valence-corrected chi connectivity index (χ4v) is 3.78. The number of rotatable bonds is 4. The molecule has 10 heteroatoms. The zero-order chi connectivity index (χ0) is 24.6. The van der Waals surface area contributed by atoms with Gasteiger partial charge in [-0.2, -0.15) is 13.2 Å². The molecule has 1 aliphatic heterocycles. The van der Waals surface area contributed by atoms with Crippen LogP contribution in [0.5, 0.6) is 0 Å². The molecule has 1 heterocycles. The first-order valence-electron chi connectivity index (χ1n) is 9.87. The van der Waals surface area contributed by atoms with Crippen molar-refractivity contribution in [2.75, 3.05) is 4.90 Å². The number of hydrogen-bond donors (Lipinski definition) is 1. The van der Waals surface area contributed by atoms with E-state index in [4.69, 9.17) is 0 Å². The summed E-state index contributed by atoms with van der Waals surface area (Å²) in [7, 11) is 0. The largest absolute Gasteiger partial charge is 0.507 e. The smallest absolute Gasteiger partial charge is 0.416 e. The number of nitro groups is 1. The minimum absolute atomic E-state index is 0.194. The number of nitro benzene ring substituents is 1. The molecule has 0 aromatic heterocycles. The summed E-state index contributed by atoms with van der Waals surface area (Å²) in [5, 5.41) is 22.0. The SMILES string of the molecule is O=C1C(=O)N(c2cccc(C(F)(F)F)c2)[C@@H](c2ccc([N+](=O)[O-])cc2)/C1=C(\O)c1ccccc1. The number of aliphatic hydroxyl groups is 1. The van der Waals surface area contributed by atoms with Crippen LogP contribution >= 0.6 is 0 Å². The molecule has 3 aromatic carbocycles. The minimum Gasteiger partial charge on any atom is -0.507 e. The van der Waals surface area contributed by atoms with Gasteiger partial charge in [0.05, 0.1) is 22.1 Å². The van der Waals surface area contributed by atoms with Crippen LogP contribution in [0.2, 0.25) is 0 Å². The third-order valence-corrected chi connectivity index (χ3v) is 5.36. The summed E-state index contributed by atoms with van der Waals surface area (Å²) >= 11 is 0. The second-order valence-corrected chi connectivity index (χ2v) is 7.43. The molecule has 7 nitrogen and oxygen atoms in total. The van der Waals surface area contributed by atoms with Gasteiger partial charge in [0.25, 0.3) is 17.4 Å². The molecule has 0 aliphatic carbocycles. The number of alkyl halides is 3. The highest BCUT2D eigenvalue weighted by molar-refractivity contribution is 6.51. The predicted molar refractivity (Wildman–Crippen MR) is 116 cm³/mol. The number of Topliss-reactive ketones (excluding diaryl/α,β-unsaturated/α-hetero) is 1. The standard InChI is InChI=1S/C24H15F3N2O5/c25-24(26,27)16-7-4-8-18(13-16)28-20(14-9-11-17(12-10-14)29(33)34)19(22(31)23(28)32)21(30)15-5-2-1-3-6-15/h1-13,20,30H/b21-19+/t20-/m0/s1. The summed E-state index contributed by atoms with van der Waals surface area (Å²) in [5.41, 5.74) is -1.44. The van der Waals surface area contributed by atoms with E-state index in [1.807, 2.05) is 0 Å². The van der Waals surface area contributed by atoms with Crippen molar-refractivity contribution in [1.29, 1.82) is 0 Å². The van der Waals surface area contributed by atoms with Crippen LogP contribution in [0.15, 0.2) is 84.4 Å². The monoisotopic (exact) mass is 468 g/mol. The quantitative estimate of drug-likeness (QED) is 0.186. The van der Waals surface area contributed by atoms with Crippen molar-refractivity contribution in [2.45, 2.75) is 12.2 Å². The number of carbonyl (C=O) groups is 2. The molecule has 172 valence electrons. The van der Waals surface area contributed by atoms with Crippen molar-refractivity contribution in [2.24, 2.45) is 0 Å². The van der Waals surface area contributed by atoms with Crippen molar-refractivity contribution in [1.82, 2.24) is 0 Å². The Balaban J connectivity index is 1.94. The lowest BCUT2D eigenvalue weighted by atomic mass is 9.95. The Hall–Kier alpha value is -4.47. The Morgan fingerprint density at radius 3 is 2.18 bits per heavy atom. The number of amides is 1. The molecule has 0 unspecified atom stereocenters. The molecule has 1 N–H and O–H groups in total. The normalized spacial score (nSPS) is 17.7. The maximum atomic E-state index is 13.3. The van der Waals surface area contributed by atoms with Gasteiger partial charge in [-0.1, -0.05) is 36.4 Å². The first-order valence-corrected chi connectivity index (χ1v) is 9.87. The Labute approximate surface area is 190 Å². The van der Waals surface area contributed by atoms with Crippen molar-refractivity contribution in [3.8, 4) is 0 Å². The predicted octanol–water partition coefficient (Wildman–Crippen LogP) is 5.24. The number of ketones is 1. The minimum atomic E-state index is -4.70. The van der Waals surface area contributed by atoms with Crippen LogP contribution in [0, 0.1) is 10.1 Å². The van der Waals surface area contributed by atoms with Gasteiger partial charge in [-0.15, -0.1) is 0 Å². The molecule has 0 bridgehead atoms. The number of anilines is 1. The van der Waals surface area contributed by atoms with E-state index in [1.165, 1.54) is 30.3 Å². The number of halogens is 3. The van der Waals surface area contributed by atoms with Crippen LogP contribution in [0.1, 0.15) is 22.7 Å². The number of benzene rings is 3. The van der Waals surface area contributed by atoms with E-state index in [2.05, 4.69) is 0 Å². The molecule has 1 amide bonds. The van der Waals surface area contributed by atoms with Gasteiger partial charge in [-0.3, -0.25) is 24.6 Å². The molecule has 1 fully saturated rings. The van der Waals surface area contributed by atoms with Gasteiger partial charge in [-0.05, 0) is 35.9 Å². The van der Waals surface area contributed by atoms with Crippen molar-refractivity contribution < 1.29 is 32.8 Å². The van der Waals surface area contributed by atoms with Gasteiger partial charge in [0.15, 0.2) is 0 Å². The molecular formula is C24H15F3N2O5. The van der Waals surface area contributed by atoms with Gasteiger partial charge in [0.1, 0.15) is 5.76 Å². The van der Waals surface area contributed by atoms with E-state index in [-0.39, 0.29) is 28.1 Å². The Kier molecular flexibility index (Phi) is 5.66. The van der Waals surface area contributed by atoms with Crippen molar-refractivity contribution in [3.05, 3.63) is 111 Å². The number of aliphatic hydroxyl groups excluding tert-OH is 1. The first kappa shape index (κ1) is 22.7. The molecule has 1 atom stereocenters. The van der Waals surface area contributed by atoms with E-state index in [9.17, 15) is 38.0 Å². The topological polar surface area (TPSA) is 101 Å². The summed E-state index contributed by atoms with van der Waals surface area (Å²) in [6.07, 6.45) is -4.70. The van der Waals surface area contributed by atoms with Gasteiger partial charge in [0, 0.05) is 23.4 Å². The van der Waals surface area contributed by atoms with Crippen molar-refractivity contribution in [3.63, 3.8) is 0 Å². The summed E-state index contributed by atoms with van der Waals surface area (Å²) in [6.45, 7) is 0. The number of non-ortho nitro benzene ring substituents is 1. The summed E-state index contributed by atoms with van der Waals surface area (Å²) in [5.74, 6) is -2.75. The number of carbonyl (C=O) groups excluding carboxylic acids is 2. The van der Waals surface area contributed by atoms with E-state index < -0.39 is 40.2 Å². The summed E-state index contributed by atoms with van der Waals surface area (Å²) in [6, 6.07) is 15.3. The zero-order valence-corrected chi connectivity index (χ0v) is 17.2. The average Bonchev–Trinajstić information content (AvgIpc) is 3.09. The van der Waals surface area contributed by atoms with Crippen LogP contribution in [0.4, 0.5) is 24.5 Å². The van der Waals surface area contributed by atoms with Gasteiger partial charge in [-0.25, -0.2) is 0 Å². The zero-order valence-electron chi connectivity index (χ0n) is 17.2. The molecule has 0 spiro atoms. The highest BCUT2D eigenvalue weighted by Gasteiger charge is 2.47. The van der Waals surface area contributed by atoms with Crippen molar-refractivity contribution >= 4 is 28.8 Å². The van der Waals surface area contributed by atoms with E-state index in [0.717, 1.165) is 35.2 Å². The maximum absolute atomic E-state index is 13.3.